The number of benzene rings is 1. The number of carbonyl (C=O) groups is 1. The summed E-state index contributed by atoms with van der Waals surface area (Å²) in [7, 11) is -3.70. The van der Waals surface area contributed by atoms with Crippen LogP contribution < -0.4 is 0 Å². The lowest BCUT2D eigenvalue weighted by Gasteiger charge is -2.13. The second-order valence-corrected chi connectivity index (χ2v) is 6.95. The minimum atomic E-state index is -3.70. The molecule has 0 amide bonds. The average molecular weight is 290 g/mol. The van der Waals surface area contributed by atoms with Gasteiger partial charge in [-0.25, -0.2) is 8.42 Å². The lowest BCUT2D eigenvalue weighted by molar-refractivity contribution is 0.104. The highest BCUT2D eigenvalue weighted by Crippen LogP contribution is 2.40. The molecule has 0 aliphatic carbocycles. The molecule has 3 nitrogen and oxygen atoms in total. The van der Waals surface area contributed by atoms with Gasteiger partial charge in [-0.3, -0.25) is 4.79 Å². The Kier molecular flexibility index (Phi) is 3.46. The Labute approximate surface area is 119 Å². The first-order valence-electron chi connectivity index (χ1n) is 6.48. The molecule has 1 aliphatic heterocycles. The molecule has 106 valence electrons. The maximum absolute atomic E-state index is 12.6. The van der Waals surface area contributed by atoms with Crippen molar-refractivity contribution in [2.24, 2.45) is 0 Å². The fourth-order valence-corrected chi connectivity index (χ4v) is 4.49. The molecule has 0 spiro atoms. The van der Waals surface area contributed by atoms with Crippen LogP contribution in [0.15, 0.2) is 28.0 Å². The molecule has 0 N–H and O–H groups in total. The zero-order chi connectivity index (χ0) is 15.2. The van der Waals surface area contributed by atoms with Gasteiger partial charge in [-0.1, -0.05) is 12.2 Å². The summed E-state index contributed by atoms with van der Waals surface area (Å²) >= 11 is 0. The van der Waals surface area contributed by atoms with Gasteiger partial charge in [0.15, 0.2) is 0 Å². The molecule has 2 rings (SSSR count). The van der Waals surface area contributed by atoms with Gasteiger partial charge in [-0.05, 0) is 62.9 Å². The van der Waals surface area contributed by atoms with Crippen LogP contribution in [-0.4, -0.2) is 14.2 Å². The number of sulfone groups is 1. The van der Waals surface area contributed by atoms with Gasteiger partial charge in [0.05, 0.1) is 4.90 Å². The zero-order valence-corrected chi connectivity index (χ0v) is 13.2. The molecular formula is C16H18O3S. The number of Topliss-reactive ketones (excluding diaryl/α,β-unsaturated/α-hetero) is 1. The van der Waals surface area contributed by atoms with Crippen LogP contribution in [0.2, 0.25) is 0 Å². The minimum absolute atomic E-state index is 0.123. The second-order valence-electron chi connectivity index (χ2n) is 5.09. The van der Waals surface area contributed by atoms with Gasteiger partial charge in [0.2, 0.25) is 15.6 Å². The van der Waals surface area contributed by atoms with E-state index in [0.29, 0.717) is 11.1 Å². The van der Waals surface area contributed by atoms with E-state index in [0.717, 1.165) is 16.7 Å². The van der Waals surface area contributed by atoms with Crippen LogP contribution in [0.3, 0.4) is 0 Å². The van der Waals surface area contributed by atoms with Crippen molar-refractivity contribution in [3.8, 4) is 0 Å². The van der Waals surface area contributed by atoms with Crippen molar-refractivity contribution in [2.45, 2.75) is 39.5 Å². The van der Waals surface area contributed by atoms with Crippen molar-refractivity contribution in [1.82, 2.24) is 0 Å². The Bertz CT molecular complexity index is 779. The molecule has 1 aromatic rings. The molecule has 0 saturated carbocycles. The number of rotatable bonds is 1. The van der Waals surface area contributed by atoms with E-state index in [1.165, 1.54) is 6.08 Å². The van der Waals surface area contributed by atoms with Crippen molar-refractivity contribution in [3.63, 3.8) is 0 Å². The van der Waals surface area contributed by atoms with E-state index in [9.17, 15) is 13.2 Å². The molecule has 0 aromatic heterocycles. The third kappa shape index (κ3) is 1.79. The Morgan fingerprint density at radius 3 is 2.00 bits per heavy atom. The summed E-state index contributed by atoms with van der Waals surface area (Å²) < 4.78 is 25.2. The van der Waals surface area contributed by atoms with Gasteiger partial charge >= 0.3 is 0 Å². The van der Waals surface area contributed by atoms with Gasteiger partial charge in [0, 0.05) is 5.56 Å². The van der Waals surface area contributed by atoms with Crippen LogP contribution >= 0.6 is 0 Å². The first-order chi connectivity index (χ1) is 9.25. The van der Waals surface area contributed by atoms with Gasteiger partial charge in [0.1, 0.15) is 4.91 Å². The lowest BCUT2D eigenvalue weighted by atomic mass is 9.92. The molecule has 0 atom stereocenters. The molecule has 0 bridgehead atoms. The second kappa shape index (κ2) is 4.70. The van der Waals surface area contributed by atoms with Crippen LogP contribution in [-0.2, 0) is 9.84 Å². The summed E-state index contributed by atoms with van der Waals surface area (Å²) in [6.07, 6.45) is 4.68. The monoisotopic (exact) mass is 290 g/mol. The Balaban J connectivity index is 2.95. The van der Waals surface area contributed by atoms with Crippen LogP contribution in [0.25, 0.3) is 0 Å². The predicted octanol–water partition coefficient (Wildman–Crippen LogP) is 3.35. The number of fused-ring (bicyclic) bond motifs is 1. The Morgan fingerprint density at radius 1 is 0.900 bits per heavy atom. The number of carbonyl (C=O) groups excluding carboxylic acids is 1. The van der Waals surface area contributed by atoms with Crippen LogP contribution in [0.5, 0.6) is 0 Å². The number of hydrogen-bond donors (Lipinski definition) is 0. The third-order valence-corrected chi connectivity index (χ3v) is 6.03. The molecule has 0 radical (unpaired) electrons. The van der Waals surface area contributed by atoms with Gasteiger partial charge in [0.25, 0.3) is 0 Å². The summed E-state index contributed by atoms with van der Waals surface area (Å²) in [4.78, 5) is 12.5. The largest absolute Gasteiger partial charge is 0.288 e. The van der Waals surface area contributed by atoms with E-state index in [-0.39, 0.29) is 15.6 Å². The Morgan fingerprint density at radius 2 is 1.45 bits per heavy atom. The molecular weight excluding hydrogens is 272 g/mol. The number of allylic oxidation sites excluding steroid dienone is 4. The van der Waals surface area contributed by atoms with E-state index in [2.05, 4.69) is 0 Å². The van der Waals surface area contributed by atoms with Gasteiger partial charge in [-0.2, -0.15) is 0 Å². The van der Waals surface area contributed by atoms with E-state index < -0.39 is 9.84 Å². The fraction of sp³-hybridized carbons (Fsp3) is 0.312. The number of ketones is 1. The molecule has 1 heterocycles. The van der Waals surface area contributed by atoms with Crippen LogP contribution in [0.1, 0.15) is 39.5 Å². The highest BCUT2D eigenvalue weighted by atomic mass is 32.2. The Hall–Kier alpha value is -1.68. The molecule has 20 heavy (non-hydrogen) atoms. The van der Waals surface area contributed by atoms with E-state index in [1.807, 2.05) is 20.8 Å². The SMILES string of the molecule is CC=CC=C1C(=O)c2c(C)c(C)c(C)c(C)c2S1(=O)=O. The van der Waals surface area contributed by atoms with E-state index >= 15 is 0 Å². The minimum Gasteiger partial charge on any atom is -0.288 e. The summed E-state index contributed by atoms with van der Waals surface area (Å²) in [6.45, 7) is 9.18. The smallest absolute Gasteiger partial charge is 0.211 e. The predicted molar refractivity (Wildman–Crippen MR) is 79.8 cm³/mol. The number of hydrogen-bond acceptors (Lipinski definition) is 3. The fourth-order valence-electron chi connectivity index (χ4n) is 2.59. The topological polar surface area (TPSA) is 51.2 Å². The van der Waals surface area contributed by atoms with Crippen molar-refractivity contribution < 1.29 is 13.2 Å². The maximum atomic E-state index is 12.6. The first kappa shape index (κ1) is 14.7. The average Bonchev–Trinajstić information content (AvgIpc) is 2.59. The summed E-state index contributed by atoms with van der Waals surface area (Å²) in [5.41, 5.74) is 3.71. The van der Waals surface area contributed by atoms with Crippen molar-refractivity contribution >= 4 is 15.6 Å². The van der Waals surface area contributed by atoms with Crippen LogP contribution in [0, 0.1) is 27.7 Å². The molecule has 1 aromatic carbocycles. The maximum Gasteiger partial charge on any atom is 0.211 e. The van der Waals surface area contributed by atoms with Crippen molar-refractivity contribution in [2.75, 3.05) is 0 Å². The third-order valence-electron chi connectivity index (χ3n) is 4.08. The van der Waals surface area contributed by atoms with Gasteiger partial charge < -0.3 is 0 Å². The highest BCUT2D eigenvalue weighted by Gasteiger charge is 2.42. The summed E-state index contributed by atoms with van der Waals surface area (Å²) in [6, 6.07) is 0. The van der Waals surface area contributed by atoms with Crippen LogP contribution in [0.4, 0.5) is 0 Å². The zero-order valence-electron chi connectivity index (χ0n) is 12.4. The summed E-state index contributed by atoms with van der Waals surface area (Å²) in [5.74, 6) is -0.387. The molecule has 1 aliphatic rings. The summed E-state index contributed by atoms with van der Waals surface area (Å²) in [5, 5.41) is 0. The van der Waals surface area contributed by atoms with Crippen molar-refractivity contribution in [1.29, 1.82) is 0 Å². The van der Waals surface area contributed by atoms with Gasteiger partial charge in [-0.15, -0.1) is 0 Å². The highest BCUT2D eigenvalue weighted by molar-refractivity contribution is 7.97. The normalized spacial score (nSPS) is 19.1. The molecule has 0 unspecified atom stereocenters. The molecule has 0 saturated heterocycles. The lowest BCUT2D eigenvalue weighted by Crippen LogP contribution is -2.04. The molecule has 4 heteroatoms. The first-order valence-corrected chi connectivity index (χ1v) is 7.96. The van der Waals surface area contributed by atoms with E-state index in [4.69, 9.17) is 0 Å². The van der Waals surface area contributed by atoms with E-state index in [1.54, 1.807) is 26.0 Å². The molecule has 0 fully saturated rings. The van der Waals surface area contributed by atoms with Crippen molar-refractivity contribution in [3.05, 3.63) is 51.0 Å². The quantitative estimate of drug-likeness (QED) is 0.745. The standard InChI is InChI=1S/C16H18O3S/c1-6-7-8-13-15(17)14-11(4)9(2)10(3)12(5)16(14)20(13,18)19/h6-8H,1-5H3.